The highest BCUT2D eigenvalue weighted by molar-refractivity contribution is 5.67. The Hall–Kier alpha value is -1.24. The summed E-state index contributed by atoms with van der Waals surface area (Å²) in [7, 11) is 0. The molecule has 0 atom stereocenters. The molecule has 0 unspecified atom stereocenters. The normalized spacial score (nSPS) is 26.6. The highest BCUT2D eigenvalue weighted by Gasteiger charge is 2.35. The summed E-state index contributed by atoms with van der Waals surface area (Å²) >= 11 is 0. The van der Waals surface area contributed by atoms with Crippen molar-refractivity contribution in [3.05, 3.63) is 0 Å². The van der Waals surface area contributed by atoms with E-state index < -0.39 is 11.1 Å². The second-order valence-electron chi connectivity index (χ2n) is 5.71. The zero-order valence-corrected chi connectivity index (χ0v) is 11.0. The Balaban J connectivity index is 2.11. The van der Waals surface area contributed by atoms with Crippen LogP contribution < -0.4 is 0 Å². The third-order valence-corrected chi connectivity index (χ3v) is 4.32. The maximum atomic E-state index is 9.37. The van der Waals surface area contributed by atoms with E-state index in [2.05, 4.69) is 16.3 Å². The number of nitrogens with one attached hydrogen (secondary N) is 1. The number of nitrogens with zero attached hydrogens (tertiary/aromatic N) is 3. The van der Waals surface area contributed by atoms with E-state index in [0.717, 1.165) is 51.4 Å². The van der Waals surface area contributed by atoms with Crippen LogP contribution in [0.4, 0.5) is 0 Å². The molecule has 2 fully saturated rings. The number of hydrogen-bond acceptors (Lipinski definition) is 4. The molecule has 0 aliphatic heterocycles. The molecule has 0 radical (unpaired) electrons. The lowest BCUT2D eigenvalue weighted by atomic mass is 9.82. The van der Waals surface area contributed by atoms with Gasteiger partial charge in [-0.2, -0.15) is 15.5 Å². The molecule has 4 nitrogen and oxygen atoms in total. The van der Waals surface area contributed by atoms with Gasteiger partial charge in [-0.25, -0.2) is 0 Å². The van der Waals surface area contributed by atoms with Crippen LogP contribution in [0.2, 0.25) is 0 Å². The van der Waals surface area contributed by atoms with Crippen LogP contribution >= 0.6 is 0 Å². The average Bonchev–Trinajstić information content (AvgIpc) is 2.47. The Morgan fingerprint density at radius 3 is 1.94 bits per heavy atom. The number of hydrogen-bond donors (Lipinski definition) is 1. The zero-order valence-electron chi connectivity index (χ0n) is 11.0. The molecule has 0 saturated heterocycles. The maximum absolute atomic E-state index is 9.37. The molecule has 98 valence electrons. The smallest absolute Gasteiger partial charge is 0.167 e. The first kappa shape index (κ1) is 13.2. The van der Waals surface area contributed by atoms with Gasteiger partial charge >= 0.3 is 0 Å². The van der Waals surface area contributed by atoms with Crippen LogP contribution in [0.15, 0.2) is 10.2 Å². The predicted octanol–water partition coefficient (Wildman–Crippen LogP) is 4.02. The van der Waals surface area contributed by atoms with E-state index in [1.165, 1.54) is 19.1 Å². The molecule has 4 heteroatoms. The minimum atomic E-state index is -0.592. The molecule has 0 spiro atoms. The summed E-state index contributed by atoms with van der Waals surface area (Å²) in [4.78, 5) is 0. The molecule has 0 aromatic rings. The Labute approximate surface area is 109 Å². The van der Waals surface area contributed by atoms with Crippen molar-refractivity contribution in [2.45, 2.75) is 75.3 Å². The molecule has 2 aliphatic rings. The molecule has 0 amide bonds. The third-order valence-electron chi connectivity index (χ3n) is 4.32. The van der Waals surface area contributed by atoms with Gasteiger partial charge in [0.15, 0.2) is 5.54 Å². The number of rotatable bonds is 3. The van der Waals surface area contributed by atoms with Crippen LogP contribution in [0.5, 0.6) is 0 Å². The lowest BCUT2D eigenvalue weighted by Gasteiger charge is -2.31. The Morgan fingerprint density at radius 2 is 1.44 bits per heavy atom. The topological polar surface area (TPSA) is 72.4 Å². The van der Waals surface area contributed by atoms with Crippen molar-refractivity contribution in [3.63, 3.8) is 0 Å². The van der Waals surface area contributed by atoms with E-state index in [1.54, 1.807) is 0 Å². The fraction of sp³-hybridized carbons (Fsp3) is 0.857. The molecule has 2 saturated carbocycles. The van der Waals surface area contributed by atoms with Crippen molar-refractivity contribution >= 4 is 6.21 Å². The number of nitriles is 1. The van der Waals surface area contributed by atoms with Gasteiger partial charge in [-0.15, -0.1) is 0 Å². The molecule has 0 heterocycles. The van der Waals surface area contributed by atoms with Crippen LogP contribution in [0, 0.1) is 16.7 Å². The first-order valence-electron chi connectivity index (χ1n) is 7.11. The second kappa shape index (κ2) is 5.60. The van der Waals surface area contributed by atoms with Gasteiger partial charge in [0.25, 0.3) is 0 Å². The Morgan fingerprint density at radius 1 is 0.889 bits per heavy atom. The largest absolute Gasteiger partial charge is 0.310 e. The van der Waals surface area contributed by atoms with Crippen molar-refractivity contribution in [2.75, 3.05) is 0 Å². The van der Waals surface area contributed by atoms with Crippen LogP contribution in [0.3, 0.4) is 0 Å². The van der Waals surface area contributed by atoms with Crippen LogP contribution in [-0.4, -0.2) is 17.3 Å². The van der Waals surface area contributed by atoms with Gasteiger partial charge in [0.05, 0.1) is 6.07 Å². The Bertz CT molecular complexity index is 354. The summed E-state index contributed by atoms with van der Waals surface area (Å²) < 4.78 is 0. The van der Waals surface area contributed by atoms with E-state index in [1.807, 2.05) is 0 Å². The quantitative estimate of drug-likeness (QED) is 0.593. The van der Waals surface area contributed by atoms with Gasteiger partial charge in [-0.1, -0.05) is 25.7 Å². The highest BCUT2D eigenvalue weighted by atomic mass is 15.2. The molecular formula is C14H22N4. The standard InChI is InChI=1S/C14H22N4/c15-11-13(7-3-1-4-8-13)17-18-14(12-16)9-5-2-6-10-14/h11,15H,1-10H2. The minimum Gasteiger partial charge on any atom is -0.310 e. The van der Waals surface area contributed by atoms with E-state index in [9.17, 15) is 5.26 Å². The molecular weight excluding hydrogens is 224 g/mol. The second-order valence-corrected chi connectivity index (χ2v) is 5.71. The zero-order chi connectivity index (χ0) is 12.9. The summed E-state index contributed by atoms with van der Waals surface area (Å²) in [6.07, 6.45) is 11.8. The van der Waals surface area contributed by atoms with Crippen molar-refractivity contribution in [2.24, 2.45) is 10.2 Å². The number of azo groups is 1. The summed E-state index contributed by atoms with van der Waals surface area (Å²) in [5.41, 5.74) is -0.995. The summed E-state index contributed by atoms with van der Waals surface area (Å²) in [6, 6.07) is 2.36. The predicted molar refractivity (Wildman–Crippen MR) is 70.9 cm³/mol. The van der Waals surface area contributed by atoms with E-state index in [-0.39, 0.29) is 0 Å². The van der Waals surface area contributed by atoms with E-state index >= 15 is 0 Å². The lowest BCUT2D eigenvalue weighted by Crippen LogP contribution is -2.33. The molecule has 18 heavy (non-hydrogen) atoms. The minimum absolute atomic E-state index is 0.403. The fourth-order valence-electron chi connectivity index (χ4n) is 3.00. The van der Waals surface area contributed by atoms with Gasteiger partial charge in [0, 0.05) is 6.21 Å². The Kier molecular flexibility index (Phi) is 4.11. The van der Waals surface area contributed by atoms with Crippen LogP contribution in [0.1, 0.15) is 64.2 Å². The van der Waals surface area contributed by atoms with Crippen LogP contribution in [-0.2, 0) is 0 Å². The summed E-state index contributed by atoms with van der Waals surface area (Å²) in [5, 5.41) is 25.9. The monoisotopic (exact) mass is 246 g/mol. The van der Waals surface area contributed by atoms with Gasteiger partial charge in [0.1, 0.15) is 5.54 Å². The van der Waals surface area contributed by atoms with Gasteiger partial charge in [-0.05, 0) is 38.5 Å². The summed E-state index contributed by atoms with van der Waals surface area (Å²) in [6.45, 7) is 0. The maximum Gasteiger partial charge on any atom is 0.167 e. The van der Waals surface area contributed by atoms with Gasteiger partial charge < -0.3 is 5.41 Å². The SMILES string of the molecule is N#CC1(N=NC2(C=N)CCCCC2)CCCCC1. The van der Waals surface area contributed by atoms with Crippen molar-refractivity contribution in [1.82, 2.24) is 0 Å². The first-order chi connectivity index (χ1) is 8.74. The summed E-state index contributed by atoms with van der Waals surface area (Å²) in [5.74, 6) is 0. The molecule has 2 aliphatic carbocycles. The van der Waals surface area contributed by atoms with E-state index in [0.29, 0.717) is 0 Å². The molecule has 2 rings (SSSR count). The molecule has 0 aromatic carbocycles. The molecule has 0 aromatic heterocycles. The van der Waals surface area contributed by atoms with Gasteiger partial charge in [0.2, 0.25) is 0 Å². The van der Waals surface area contributed by atoms with Crippen molar-refractivity contribution in [1.29, 1.82) is 10.7 Å². The first-order valence-corrected chi connectivity index (χ1v) is 7.11. The average molecular weight is 246 g/mol. The highest BCUT2D eigenvalue weighted by Crippen LogP contribution is 2.35. The van der Waals surface area contributed by atoms with Gasteiger partial charge in [-0.3, -0.25) is 0 Å². The molecule has 1 N–H and O–H groups in total. The van der Waals surface area contributed by atoms with Crippen LogP contribution in [0.25, 0.3) is 0 Å². The molecule has 0 bridgehead atoms. The van der Waals surface area contributed by atoms with Crippen molar-refractivity contribution < 1.29 is 0 Å². The van der Waals surface area contributed by atoms with E-state index in [4.69, 9.17) is 5.41 Å². The lowest BCUT2D eigenvalue weighted by molar-refractivity contribution is 0.319. The van der Waals surface area contributed by atoms with Crippen molar-refractivity contribution in [3.8, 4) is 6.07 Å². The third kappa shape index (κ3) is 2.77. The fourth-order valence-corrected chi connectivity index (χ4v) is 3.00.